The molecule has 0 bridgehead atoms. The number of nitrogens with one attached hydrogen (secondary N) is 1. The van der Waals surface area contributed by atoms with Gasteiger partial charge in [-0.2, -0.15) is 0 Å². The molecule has 1 aromatic rings. The Bertz CT molecular complexity index is 417. The summed E-state index contributed by atoms with van der Waals surface area (Å²) in [7, 11) is 3.43. The Morgan fingerprint density at radius 1 is 1.28 bits per heavy atom. The molecule has 100 valence electrons. The van der Waals surface area contributed by atoms with Crippen LogP contribution in [0.3, 0.4) is 0 Å². The molecule has 0 aromatic heterocycles. The first-order valence-electron chi connectivity index (χ1n) is 6.69. The maximum atomic E-state index is 5.54. The topological polar surface area (TPSA) is 30.5 Å². The van der Waals surface area contributed by atoms with Gasteiger partial charge in [-0.05, 0) is 36.9 Å². The highest BCUT2D eigenvalue weighted by molar-refractivity contribution is 5.51. The molecule has 1 aliphatic carbocycles. The van der Waals surface area contributed by atoms with Crippen molar-refractivity contribution in [2.75, 3.05) is 20.8 Å². The molecule has 2 unspecified atom stereocenters. The number of rotatable bonds is 5. The molecule has 0 spiro atoms. The van der Waals surface area contributed by atoms with E-state index in [-0.39, 0.29) is 0 Å². The van der Waals surface area contributed by atoms with Gasteiger partial charge in [-0.1, -0.05) is 13.8 Å². The molecule has 0 aliphatic heterocycles. The molecule has 0 amide bonds. The maximum absolute atomic E-state index is 5.54. The fourth-order valence-corrected chi connectivity index (χ4v) is 2.82. The van der Waals surface area contributed by atoms with E-state index < -0.39 is 0 Å². The van der Waals surface area contributed by atoms with Crippen LogP contribution in [0.5, 0.6) is 11.5 Å². The lowest BCUT2D eigenvalue weighted by molar-refractivity contribution is 0.374. The smallest absolute Gasteiger partial charge is 0.127 e. The van der Waals surface area contributed by atoms with Crippen molar-refractivity contribution < 1.29 is 9.47 Å². The molecule has 1 N–H and O–H groups in total. The van der Waals surface area contributed by atoms with Crippen LogP contribution in [-0.4, -0.2) is 20.8 Å². The second-order valence-corrected chi connectivity index (χ2v) is 5.02. The van der Waals surface area contributed by atoms with Crippen LogP contribution in [0.2, 0.25) is 0 Å². The van der Waals surface area contributed by atoms with Crippen molar-refractivity contribution in [3.8, 4) is 11.5 Å². The molecule has 3 heteroatoms. The minimum atomic E-state index is 0.404. The molecule has 1 aromatic carbocycles. The zero-order valence-corrected chi connectivity index (χ0v) is 11.7. The third kappa shape index (κ3) is 2.32. The third-order valence-electron chi connectivity index (χ3n) is 3.69. The molecule has 2 atom stereocenters. The van der Waals surface area contributed by atoms with Gasteiger partial charge in [0.2, 0.25) is 0 Å². The minimum Gasteiger partial charge on any atom is -0.497 e. The monoisotopic (exact) mass is 249 g/mol. The first kappa shape index (κ1) is 13.2. The fourth-order valence-electron chi connectivity index (χ4n) is 2.82. The van der Waals surface area contributed by atoms with Gasteiger partial charge in [0.05, 0.1) is 14.2 Å². The normalized spacial score (nSPS) is 21.8. The first-order chi connectivity index (χ1) is 8.71. The van der Waals surface area contributed by atoms with Crippen LogP contribution in [0.4, 0.5) is 0 Å². The van der Waals surface area contributed by atoms with Gasteiger partial charge >= 0.3 is 0 Å². The Morgan fingerprint density at radius 3 is 2.67 bits per heavy atom. The Balaban J connectivity index is 2.37. The van der Waals surface area contributed by atoms with Gasteiger partial charge in [-0.15, -0.1) is 0 Å². The fraction of sp³-hybridized carbons (Fsp3) is 0.600. The van der Waals surface area contributed by atoms with E-state index in [4.69, 9.17) is 9.47 Å². The molecule has 0 heterocycles. The lowest BCUT2D eigenvalue weighted by Gasteiger charge is -2.20. The quantitative estimate of drug-likeness (QED) is 0.870. The van der Waals surface area contributed by atoms with E-state index in [0.29, 0.717) is 12.0 Å². The number of methoxy groups -OCH3 is 2. The number of hydrogen-bond acceptors (Lipinski definition) is 3. The van der Waals surface area contributed by atoms with Crippen molar-refractivity contribution in [3.05, 3.63) is 23.3 Å². The molecule has 0 fully saturated rings. The van der Waals surface area contributed by atoms with E-state index >= 15 is 0 Å². The van der Waals surface area contributed by atoms with E-state index in [9.17, 15) is 0 Å². The van der Waals surface area contributed by atoms with Crippen molar-refractivity contribution in [2.24, 2.45) is 5.92 Å². The summed E-state index contributed by atoms with van der Waals surface area (Å²) < 4.78 is 10.9. The van der Waals surface area contributed by atoms with E-state index in [1.807, 2.05) is 6.07 Å². The second-order valence-electron chi connectivity index (χ2n) is 5.02. The molecule has 18 heavy (non-hydrogen) atoms. The second kappa shape index (κ2) is 5.61. The van der Waals surface area contributed by atoms with Crippen molar-refractivity contribution in [1.82, 2.24) is 5.32 Å². The third-order valence-corrected chi connectivity index (χ3v) is 3.69. The van der Waals surface area contributed by atoms with Crippen LogP contribution in [0.25, 0.3) is 0 Å². The molecular weight excluding hydrogens is 226 g/mol. The summed E-state index contributed by atoms with van der Waals surface area (Å²) in [4.78, 5) is 0. The molecule has 2 rings (SSSR count). The Kier molecular flexibility index (Phi) is 4.12. The minimum absolute atomic E-state index is 0.404. The van der Waals surface area contributed by atoms with Crippen molar-refractivity contribution in [3.63, 3.8) is 0 Å². The number of hydrogen-bond donors (Lipinski definition) is 1. The number of benzene rings is 1. The largest absolute Gasteiger partial charge is 0.497 e. The molecule has 0 saturated heterocycles. The van der Waals surface area contributed by atoms with Gasteiger partial charge in [-0.3, -0.25) is 0 Å². The van der Waals surface area contributed by atoms with Gasteiger partial charge in [0.1, 0.15) is 11.5 Å². The van der Waals surface area contributed by atoms with Crippen LogP contribution in [0.1, 0.15) is 37.4 Å². The zero-order valence-electron chi connectivity index (χ0n) is 11.7. The average Bonchev–Trinajstić information content (AvgIpc) is 2.70. The van der Waals surface area contributed by atoms with Crippen molar-refractivity contribution in [1.29, 1.82) is 0 Å². The average molecular weight is 249 g/mol. The highest BCUT2D eigenvalue weighted by Crippen LogP contribution is 2.43. The summed E-state index contributed by atoms with van der Waals surface area (Å²) in [5, 5.41) is 3.63. The van der Waals surface area contributed by atoms with Gasteiger partial charge in [0, 0.05) is 17.7 Å². The lowest BCUT2D eigenvalue weighted by Crippen LogP contribution is -2.25. The van der Waals surface area contributed by atoms with Crippen LogP contribution >= 0.6 is 0 Å². The van der Waals surface area contributed by atoms with Gasteiger partial charge in [0.15, 0.2) is 0 Å². The van der Waals surface area contributed by atoms with E-state index in [1.165, 1.54) is 11.1 Å². The predicted octanol–water partition coefficient (Wildman–Crippen LogP) is 2.94. The molecule has 1 aliphatic rings. The summed E-state index contributed by atoms with van der Waals surface area (Å²) >= 11 is 0. The van der Waals surface area contributed by atoms with Gasteiger partial charge in [0.25, 0.3) is 0 Å². The Labute approximate surface area is 109 Å². The van der Waals surface area contributed by atoms with E-state index in [1.54, 1.807) is 14.2 Å². The summed E-state index contributed by atoms with van der Waals surface area (Å²) in [6.45, 7) is 5.53. The molecular formula is C15H23NO2. The standard InChI is InChI=1S/C15H23NO2/c1-5-6-16-15-10(2)7-11-8-12(17-3)9-13(18-4)14(11)15/h8-10,15-16H,5-7H2,1-4H3. The lowest BCUT2D eigenvalue weighted by atomic mass is 10.0. The predicted molar refractivity (Wildman–Crippen MR) is 73.4 cm³/mol. The molecule has 0 radical (unpaired) electrons. The van der Waals surface area contributed by atoms with Crippen molar-refractivity contribution >= 4 is 0 Å². The summed E-state index contributed by atoms with van der Waals surface area (Å²) in [6.07, 6.45) is 2.24. The Morgan fingerprint density at radius 2 is 2.06 bits per heavy atom. The number of fused-ring (bicyclic) bond motifs is 1. The van der Waals surface area contributed by atoms with Gasteiger partial charge in [-0.25, -0.2) is 0 Å². The van der Waals surface area contributed by atoms with Crippen LogP contribution in [0.15, 0.2) is 12.1 Å². The van der Waals surface area contributed by atoms with Crippen LogP contribution in [-0.2, 0) is 6.42 Å². The van der Waals surface area contributed by atoms with Crippen molar-refractivity contribution in [2.45, 2.75) is 32.7 Å². The summed E-state index contributed by atoms with van der Waals surface area (Å²) in [5.74, 6) is 2.43. The SMILES string of the molecule is CCCNC1c2c(cc(OC)cc2OC)CC1C. The first-order valence-corrected chi connectivity index (χ1v) is 6.69. The van der Waals surface area contributed by atoms with Crippen LogP contribution in [0, 0.1) is 5.92 Å². The molecule has 3 nitrogen and oxygen atoms in total. The highest BCUT2D eigenvalue weighted by atomic mass is 16.5. The van der Waals surface area contributed by atoms with Gasteiger partial charge < -0.3 is 14.8 Å². The summed E-state index contributed by atoms with van der Waals surface area (Å²) in [5.41, 5.74) is 2.67. The maximum Gasteiger partial charge on any atom is 0.127 e. The molecule has 0 saturated carbocycles. The zero-order chi connectivity index (χ0) is 13.1. The highest BCUT2D eigenvalue weighted by Gasteiger charge is 2.32. The van der Waals surface area contributed by atoms with E-state index in [2.05, 4.69) is 25.2 Å². The summed E-state index contributed by atoms with van der Waals surface area (Å²) in [6, 6.07) is 4.53. The number of ether oxygens (including phenoxy) is 2. The van der Waals surface area contributed by atoms with Crippen LogP contribution < -0.4 is 14.8 Å². The Hall–Kier alpha value is -1.22. The van der Waals surface area contributed by atoms with E-state index in [0.717, 1.165) is 30.9 Å².